The van der Waals surface area contributed by atoms with Gasteiger partial charge in [0.2, 0.25) is 36.0 Å². The minimum atomic E-state index is -0.877. The van der Waals surface area contributed by atoms with Crippen molar-refractivity contribution in [3.05, 3.63) is 30.1 Å². The average Bonchev–Trinajstić information content (AvgIpc) is 3.00. The number of pyridine rings is 1. The Labute approximate surface area is 268 Å². The number of amides is 5. The monoisotopic (exact) mass is 634 g/mol. The van der Waals surface area contributed by atoms with E-state index in [1.54, 1.807) is 6.92 Å². The normalized spacial score (nSPS) is 15.1. The first kappa shape index (κ1) is 39.3. The summed E-state index contributed by atoms with van der Waals surface area (Å²) in [7, 11) is 0. The van der Waals surface area contributed by atoms with Crippen LogP contribution in [0.25, 0.3) is 0 Å². The highest BCUT2D eigenvalue weighted by Crippen LogP contribution is 2.11. The lowest BCUT2D eigenvalue weighted by molar-refractivity contribution is -0.904. The van der Waals surface area contributed by atoms with Crippen LogP contribution in [0.4, 0.5) is 0 Å². The topological polar surface area (TPSA) is 182 Å². The maximum absolute atomic E-state index is 13.4. The molecule has 45 heavy (non-hydrogen) atoms. The molecule has 0 spiro atoms. The Morgan fingerprint density at radius 2 is 1.38 bits per heavy atom. The molecule has 1 rings (SSSR count). The molecule has 1 aromatic rings. The van der Waals surface area contributed by atoms with Gasteiger partial charge in [0.15, 0.2) is 0 Å². The summed E-state index contributed by atoms with van der Waals surface area (Å²) in [6, 6.07) is -0.405. The molecule has 0 saturated carbocycles. The molecule has 6 atom stereocenters. The largest absolute Gasteiger partial charge is 0.355 e. The van der Waals surface area contributed by atoms with Crippen LogP contribution in [0.2, 0.25) is 0 Å². The minimum absolute atomic E-state index is 0.0920. The molecule has 0 aromatic carbocycles. The van der Waals surface area contributed by atoms with Gasteiger partial charge in [-0.2, -0.15) is 0 Å². The summed E-state index contributed by atoms with van der Waals surface area (Å²) in [6.45, 7) is 15.7. The molecule has 13 nitrogen and oxygen atoms in total. The maximum atomic E-state index is 13.4. The van der Waals surface area contributed by atoms with Crippen molar-refractivity contribution >= 4 is 29.5 Å². The van der Waals surface area contributed by atoms with Gasteiger partial charge in [-0.1, -0.05) is 60.8 Å². The summed E-state index contributed by atoms with van der Waals surface area (Å²) < 4.78 is 0.816. The third kappa shape index (κ3) is 13.4. The molecule has 254 valence electrons. The molecule has 0 saturated heterocycles. The van der Waals surface area contributed by atoms with Gasteiger partial charge in [-0.25, -0.2) is 0 Å². The van der Waals surface area contributed by atoms with Crippen LogP contribution in [0.15, 0.2) is 24.5 Å². The maximum Gasteiger partial charge on any atom is 0.252 e. The van der Waals surface area contributed by atoms with Gasteiger partial charge in [-0.15, -0.1) is 0 Å². The number of aromatic nitrogens is 1. The fourth-order valence-corrected chi connectivity index (χ4v) is 4.70. The third-order valence-corrected chi connectivity index (χ3v) is 7.71. The first-order valence-electron chi connectivity index (χ1n) is 16.2. The van der Waals surface area contributed by atoms with Gasteiger partial charge in [0.1, 0.15) is 18.1 Å². The lowest BCUT2D eigenvalue weighted by Gasteiger charge is -2.28. The molecule has 0 aliphatic heterocycles. The van der Waals surface area contributed by atoms with Gasteiger partial charge in [0, 0.05) is 36.0 Å². The summed E-state index contributed by atoms with van der Waals surface area (Å²) in [4.78, 5) is 65.0. The molecule has 7 N–H and O–H groups in total. The molecule has 1 heterocycles. The zero-order valence-corrected chi connectivity index (χ0v) is 28.2. The van der Waals surface area contributed by atoms with Gasteiger partial charge in [0.05, 0.1) is 11.6 Å². The Hall–Kier alpha value is -3.74. The molecular weight excluding hydrogens is 578 g/mol. The number of likely N-dealkylation sites (N-methyl/N-ethyl adjacent to an activating group) is 1. The molecule has 5 amide bonds. The first-order valence-corrected chi connectivity index (χ1v) is 16.2. The fraction of sp³-hybridized carbons (Fsp3) is 0.688. The predicted molar refractivity (Wildman–Crippen MR) is 171 cm³/mol. The van der Waals surface area contributed by atoms with E-state index < -0.39 is 36.0 Å². The van der Waals surface area contributed by atoms with Crippen LogP contribution in [0.1, 0.15) is 97.9 Å². The lowest BCUT2D eigenvalue weighted by atomic mass is 9.97. The second-order valence-electron chi connectivity index (χ2n) is 11.9. The van der Waals surface area contributed by atoms with Crippen LogP contribution in [0, 0.1) is 11.8 Å². The van der Waals surface area contributed by atoms with E-state index in [1.165, 1.54) is 24.5 Å². The van der Waals surface area contributed by atoms with Crippen molar-refractivity contribution in [2.45, 2.75) is 118 Å². The SMILES string of the molecule is CCCC(CN[C@@H](C)C(=O)NC(C(=O)NCC)C(C)C)NC(=O)[C@H](CCC)NC(=O)C(NC(=O)c1cc[n+](O)cc1)[C@@H](C)CC. The highest BCUT2D eigenvalue weighted by atomic mass is 16.5. The number of nitrogens with one attached hydrogen (secondary N) is 6. The Morgan fingerprint density at radius 1 is 0.756 bits per heavy atom. The average molecular weight is 635 g/mol. The summed E-state index contributed by atoms with van der Waals surface area (Å²) in [6.07, 6.45) is 5.71. The number of carbonyl (C=O) groups is 5. The Morgan fingerprint density at radius 3 is 1.91 bits per heavy atom. The number of nitrogens with zero attached hydrogens (tertiary/aromatic N) is 1. The Kier molecular flexibility index (Phi) is 17.7. The number of hydrogen-bond acceptors (Lipinski definition) is 7. The smallest absolute Gasteiger partial charge is 0.252 e. The fourth-order valence-electron chi connectivity index (χ4n) is 4.70. The lowest BCUT2D eigenvalue weighted by Crippen LogP contribution is -2.58. The standard InChI is InChI=1S/C32H55N7O6/c1-9-13-24(19-34-22(8)28(40)37-26(20(5)6)31(43)33-12-4)35-30(42)25(14-10-2)36-32(44)27(21(7)11-3)38-29(41)23-15-17-39(45)18-16-23/h15-18,20-22,24-27,34H,9-14,19H2,1-8H3,(H5-,33,35,36,37,38,40,41,42,43,44,45)/p+1/t21-,22-,24?,25-,26?,27?/m0/s1. The first-order chi connectivity index (χ1) is 21.3. The van der Waals surface area contributed by atoms with Crippen molar-refractivity contribution in [3.63, 3.8) is 0 Å². The van der Waals surface area contributed by atoms with E-state index in [0.29, 0.717) is 38.8 Å². The van der Waals surface area contributed by atoms with E-state index in [-0.39, 0.29) is 41.2 Å². The van der Waals surface area contributed by atoms with Crippen molar-refractivity contribution in [3.8, 4) is 0 Å². The van der Waals surface area contributed by atoms with Crippen LogP contribution in [0.3, 0.4) is 0 Å². The van der Waals surface area contributed by atoms with E-state index in [2.05, 4.69) is 31.9 Å². The second-order valence-corrected chi connectivity index (χ2v) is 11.9. The minimum Gasteiger partial charge on any atom is -0.355 e. The highest BCUT2D eigenvalue weighted by molar-refractivity contribution is 5.98. The number of rotatable bonds is 20. The van der Waals surface area contributed by atoms with Crippen LogP contribution < -0.4 is 36.6 Å². The predicted octanol–water partition coefficient (Wildman–Crippen LogP) is 1.18. The molecule has 0 fully saturated rings. The van der Waals surface area contributed by atoms with Gasteiger partial charge < -0.3 is 31.9 Å². The zero-order chi connectivity index (χ0) is 34.1. The summed E-state index contributed by atoms with van der Waals surface area (Å²) in [5, 5.41) is 26.8. The molecule has 0 bridgehead atoms. The Bertz CT molecular complexity index is 1100. The van der Waals surface area contributed by atoms with Crippen molar-refractivity contribution in [1.29, 1.82) is 0 Å². The second kappa shape index (κ2) is 20.3. The van der Waals surface area contributed by atoms with Crippen LogP contribution in [-0.2, 0) is 19.2 Å². The molecule has 3 unspecified atom stereocenters. The van der Waals surface area contributed by atoms with Crippen molar-refractivity contribution in [1.82, 2.24) is 31.9 Å². The Balaban J connectivity index is 2.91. The highest BCUT2D eigenvalue weighted by Gasteiger charge is 2.31. The molecule has 0 radical (unpaired) electrons. The number of carbonyl (C=O) groups excluding carboxylic acids is 5. The van der Waals surface area contributed by atoms with Crippen LogP contribution in [0.5, 0.6) is 0 Å². The van der Waals surface area contributed by atoms with E-state index >= 15 is 0 Å². The summed E-state index contributed by atoms with van der Waals surface area (Å²) >= 11 is 0. The van der Waals surface area contributed by atoms with Gasteiger partial charge in [-0.05, 0) is 38.5 Å². The quantitative estimate of drug-likeness (QED) is 0.0830. The van der Waals surface area contributed by atoms with Gasteiger partial charge in [-0.3, -0.25) is 29.2 Å². The van der Waals surface area contributed by atoms with Crippen LogP contribution >= 0.6 is 0 Å². The molecule has 1 aromatic heterocycles. The molecule has 13 heteroatoms. The van der Waals surface area contributed by atoms with Crippen molar-refractivity contribution in [2.24, 2.45) is 11.8 Å². The van der Waals surface area contributed by atoms with Gasteiger partial charge >= 0.3 is 0 Å². The summed E-state index contributed by atoms with van der Waals surface area (Å²) in [5.41, 5.74) is 0.283. The molecule has 0 aliphatic rings. The van der Waals surface area contributed by atoms with Crippen molar-refractivity contribution in [2.75, 3.05) is 13.1 Å². The van der Waals surface area contributed by atoms with E-state index in [9.17, 15) is 29.2 Å². The van der Waals surface area contributed by atoms with E-state index in [1.807, 2.05) is 48.5 Å². The molecular formula is C32H56N7O6+. The molecule has 0 aliphatic carbocycles. The third-order valence-electron chi connectivity index (χ3n) is 7.71. The van der Waals surface area contributed by atoms with Crippen molar-refractivity contribution < 1.29 is 33.9 Å². The van der Waals surface area contributed by atoms with E-state index in [0.717, 1.165) is 11.2 Å². The number of hydrogen-bond donors (Lipinski definition) is 7. The zero-order valence-electron chi connectivity index (χ0n) is 28.2. The van der Waals surface area contributed by atoms with Crippen LogP contribution in [-0.4, -0.2) is 78.0 Å². The summed E-state index contributed by atoms with van der Waals surface area (Å²) in [5.74, 6) is -2.12. The van der Waals surface area contributed by atoms with E-state index in [4.69, 9.17) is 0 Å². The van der Waals surface area contributed by atoms with Gasteiger partial charge in [0.25, 0.3) is 5.91 Å².